The molecule has 0 amide bonds. The van der Waals surface area contributed by atoms with Crippen LogP contribution in [0.25, 0.3) is 0 Å². The molecule has 0 saturated heterocycles. The van der Waals surface area contributed by atoms with Crippen molar-refractivity contribution in [1.29, 1.82) is 0 Å². The Morgan fingerprint density at radius 1 is 0.444 bits per heavy atom. The van der Waals surface area contributed by atoms with Gasteiger partial charge in [-0.05, 0) is 64.2 Å². The van der Waals surface area contributed by atoms with E-state index in [1.165, 1.54) is 103 Å². The fraction of sp³-hybridized carbons (Fsp3) is 0.714. The van der Waals surface area contributed by atoms with Gasteiger partial charge in [0.25, 0.3) is 0 Å². The van der Waals surface area contributed by atoms with E-state index in [-0.39, 0.29) is 25.2 Å². The maximum Gasteiger partial charge on any atom is 0.306 e. The zero-order valence-electron chi connectivity index (χ0n) is 35.2. The van der Waals surface area contributed by atoms with Gasteiger partial charge in [-0.15, -0.1) is 0 Å². The molecule has 0 spiro atoms. The standard InChI is InChI=1S/C49H84O5/c1-3-5-7-9-10-11-12-13-14-15-16-17-18-19-20-21-22-23-24-25-26-27-28-29-30-31-32-33-34-35-36-37-38-40-42-44-49(52)54-47(45-50)46-53-48(51)43-41-39-8-6-4-2/h5,7,10-11,13-14,16-17,19-20,22-23,47,50H,3-4,6,8-9,12,15,18,21,24-46H2,1-2H3/b7-5-,11-10-,14-13-,17-16-,20-19-,23-22-. The number of aliphatic hydroxyl groups excluding tert-OH is 1. The summed E-state index contributed by atoms with van der Waals surface area (Å²) in [4.78, 5) is 24.0. The van der Waals surface area contributed by atoms with Crippen molar-refractivity contribution in [3.8, 4) is 0 Å². The Labute approximate surface area is 333 Å². The van der Waals surface area contributed by atoms with Crippen LogP contribution in [0.2, 0.25) is 0 Å². The van der Waals surface area contributed by atoms with Crippen LogP contribution >= 0.6 is 0 Å². The summed E-state index contributed by atoms with van der Waals surface area (Å²) in [5.41, 5.74) is 0. The van der Waals surface area contributed by atoms with Crippen LogP contribution in [0.15, 0.2) is 72.9 Å². The monoisotopic (exact) mass is 753 g/mol. The van der Waals surface area contributed by atoms with Gasteiger partial charge in [0.15, 0.2) is 6.10 Å². The van der Waals surface area contributed by atoms with E-state index in [2.05, 4.69) is 86.8 Å². The number of rotatable bonds is 40. The third kappa shape index (κ3) is 42.1. The number of ether oxygens (including phenoxy) is 2. The van der Waals surface area contributed by atoms with Crippen molar-refractivity contribution in [2.45, 2.75) is 213 Å². The van der Waals surface area contributed by atoms with Crippen molar-refractivity contribution in [3.05, 3.63) is 72.9 Å². The van der Waals surface area contributed by atoms with Gasteiger partial charge < -0.3 is 14.6 Å². The number of unbranched alkanes of at least 4 members (excludes halogenated alkanes) is 20. The predicted molar refractivity (Wildman–Crippen MR) is 233 cm³/mol. The molecular weight excluding hydrogens is 669 g/mol. The van der Waals surface area contributed by atoms with E-state index >= 15 is 0 Å². The molecule has 1 atom stereocenters. The maximum atomic E-state index is 12.1. The number of carbonyl (C=O) groups excluding carboxylic acids is 2. The van der Waals surface area contributed by atoms with E-state index in [1.807, 2.05) is 0 Å². The molecule has 1 unspecified atom stereocenters. The van der Waals surface area contributed by atoms with Crippen LogP contribution in [-0.2, 0) is 19.1 Å². The van der Waals surface area contributed by atoms with Crippen LogP contribution in [0.5, 0.6) is 0 Å². The van der Waals surface area contributed by atoms with Gasteiger partial charge >= 0.3 is 11.9 Å². The summed E-state index contributed by atoms with van der Waals surface area (Å²) in [6, 6.07) is 0. The molecule has 1 N–H and O–H groups in total. The van der Waals surface area contributed by atoms with Gasteiger partial charge in [0, 0.05) is 12.8 Å². The number of esters is 2. The minimum absolute atomic E-state index is 0.0666. The Morgan fingerprint density at radius 3 is 1.20 bits per heavy atom. The van der Waals surface area contributed by atoms with Gasteiger partial charge in [0.2, 0.25) is 0 Å². The number of carbonyl (C=O) groups is 2. The normalized spacial score (nSPS) is 12.9. The van der Waals surface area contributed by atoms with E-state index in [1.54, 1.807) is 0 Å². The minimum Gasteiger partial charge on any atom is -0.462 e. The molecule has 0 aliphatic carbocycles. The molecule has 0 aliphatic heterocycles. The van der Waals surface area contributed by atoms with Gasteiger partial charge in [-0.25, -0.2) is 0 Å². The number of hydrogen-bond acceptors (Lipinski definition) is 5. The number of aliphatic hydroxyl groups is 1. The highest BCUT2D eigenvalue weighted by Gasteiger charge is 2.16. The zero-order valence-corrected chi connectivity index (χ0v) is 35.2. The van der Waals surface area contributed by atoms with Crippen LogP contribution in [0.4, 0.5) is 0 Å². The van der Waals surface area contributed by atoms with Crippen LogP contribution in [0.3, 0.4) is 0 Å². The van der Waals surface area contributed by atoms with E-state index < -0.39 is 6.10 Å². The molecule has 5 heteroatoms. The first-order chi connectivity index (χ1) is 26.6. The second kappa shape index (κ2) is 44.7. The van der Waals surface area contributed by atoms with Crippen molar-refractivity contribution in [2.24, 2.45) is 0 Å². The Hall–Kier alpha value is -2.66. The van der Waals surface area contributed by atoms with E-state index in [0.717, 1.165) is 77.0 Å². The SMILES string of the molecule is CC/C=C\C/C=C\C/C=C\C/C=C\C/C=C\C/C=C\CCCCCCCCCCCCCCCCCCC(=O)OC(CO)COC(=O)CCCCCCC. The molecule has 0 aromatic rings. The minimum atomic E-state index is -0.767. The lowest BCUT2D eigenvalue weighted by molar-refractivity contribution is -0.161. The van der Waals surface area contributed by atoms with Crippen LogP contribution in [-0.4, -0.2) is 36.4 Å². The van der Waals surface area contributed by atoms with Crippen LogP contribution < -0.4 is 0 Å². The van der Waals surface area contributed by atoms with Gasteiger partial charge in [-0.2, -0.15) is 0 Å². The topological polar surface area (TPSA) is 72.8 Å². The van der Waals surface area contributed by atoms with Gasteiger partial charge in [0.05, 0.1) is 6.61 Å². The van der Waals surface area contributed by atoms with Crippen molar-refractivity contribution in [3.63, 3.8) is 0 Å². The molecule has 0 aromatic carbocycles. The summed E-state index contributed by atoms with van der Waals surface area (Å²) in [7, 11) is 0. The molecule has 0 aromatic heterocycles. The zero-order chi connectivity index (χ0) is 39.3. The molecule has 5 nitrogen and oxygen atoms in total. The highest BCUT2D eigenvalue weighted by molar-refractivity contribution is 5.70. The summed E-state index contributed by atoms with van der Waals surface area (Å²) in [5, 5.41) is 9.48. The summed E-state index contributed by atoms with van der Waals surface area (Å²) >= 11 is 0. The van der Waals surface area contributed by atoms with Crippen molar-refractivity contribution in [2.75, 3.05) is 13.2 Å². The predicted octanol–water partition coefficient (Wildman–Crippen LogP) is 14.5. The quantitative estimate of drug-likeness (QED) is 0.0383. The molecule has 54 heavy (non-hydrogen) atoms. The average molecular weight is 753 g/mol. The number of allylic oxidation sites excluding steroid dienone is 12. The lowest BCUT2D eigenvalue weighted by Gasteiger charge is -2.15. The Kier molecular flexibility index (Phi) is 42.5. The summed E-state index contributed by atoms with van der Waals surface area (Å²) in [6.45, 7) is 3.93. The fourth-order valence-electron chi connectivity index (χ4n) is 6.15. The third-order valence-electron chi connectivity index (χ3n) is 9.51. The largest absolute Gasteiger partial charge is 0.462 e. The highest BCUT2D eigenvalue weighted by atomic mass is 16.6. The van der Waals surface area contributed by atoms with Gasteiger partial charge in [0.1, 0.15) is 6.61 Å². The molecule has 0 fully saturated rings. The summed E-state index contributed by atoms with van der Waals surface area (Å²) in [5.74, 6) is -0.604. The summed E-state index contributed by atoms with van der Waals surface area (Å²) in [6.07, 6.45) is 60.4. The molecule has 0 bridgehead atoms. The second-order valence-electron chi connectivity index (χ2n) is 14.8. The van der Waals surface area contributed by atoms with Crippen molar-refractivity contribution >= 4 is 11.9 Å². The molecule has 310 valence electrons. The fourth-order valence-corrected chi connectivity index (χ4v) is 6.15. The lowest BCUT2D eigenvalue weighted by atomic mass is 10.0. The third-order valence-corrected chi connectivity index (χ3v) is 9.51. The van der Waals surface area contributed by atoms with Crippen molar-refractivity contribution < 1.29 is 24.2 Å². The first-order valence-electron chi connectivity index (χ1n) is 22.5. The molecule has 0 rings (SSSR count). The molecule has 0 saturated carbocycles. The molecular formula is C49H84O5. The van der Waals surface area contributed by atoms with E-state index in [4.69, 9.17) is 9.47 Å². The Morgan fingerprint density at radius 2 is 0.796 bits per heavy atom. The average Bonchev–Trinajstić information content (AvgIpc) is 3.17. The lowest BCUT2D eigenvalue weighted by Crippen LogP contribution is -2.28. The maximum absolute atomic E-state index is 12.1. The molecule has 0 radical (unpaired) electrons. The first-order valence-corrected chi connectivity index (χ1v) is 22.5. The number of hydrogen-bond donors (Lipinski definition) is 1. The first kappa shape index (κ1) is 51.3. The Bertz CT molecular complexity index is 988. The van der Waals surface area contributed by atoms with Crippen LogP contribution in [0.1, 0.15) is 206 Å². The smallest absolute Gasteiger partial charge is 0.306 e. The van der Waals surface area contributed by atoms with Crippen molar-refractivity contribution in [1.82, 2.24) is 0 Å². The van der Waals surface area contributed by atoms with E-state index in [9.17, 15) is 14.7 Å². The Balaban J connectivity index is 3.44. The van der Waals surface area contributed by atoms with Gasteiger partial charge in [-0.1, -0.05) is 202 Å². The van der Waals surface area contributed by atoms with Crippen LogP contribution in [0, 0.1) is 0 Å². The van der Waals surface area contributed by atoms with Gasteiger partial charge in [-0.3, -0.25) is 9.59 Å². The molecule has 0 aliphatic rings. The summed E-state index contributed by atoms with van der Waals surface area (Å²) < 4.78 is 10.5. The van der Waals surface area contributed by atoms with E-state index in [0.29, 0.717) is 12.8 Å². The highest BCUT2D eigenvalue weighted by Crippen LogP contribution is 2.15. The second-order valence-corrected chi connectivity index (χ2v) is 14.8. The molecule has 0 heterocycles.